The number of hydrogen-bond donors (Lipinski definition) is 1. The van der Waals surface area contributed by atoms with E-state index in [1.165, 1.54) is 0 Å². The summed E-state index contributed by atoms with van der Waals surface area (Å²) in [5.41, 5.74) is -0.801. The summed E-state index contributed by atoms with van der Waals surface area (Å²) in [4.78, 5) is 0. The van der Waals surface area contributed by atoms with Crippen LogP contribution in [0.4, 0.5) is 0 Å². The third kappa shape index (κ3) is 2.42. The monoisotopic (exact) mass is 188 g/mol. The lowest BCUT2D eigenvalue weighted by Crippen LogP contribution is -2.56. The lowest BCUT2D eigenvalue weighted by Gasteiger charge is -2.45. The van der Waals surface area contributed by atoms with E-state index in [1.54, 1.807) is 0 Å². The first-order chi connectivity index (χ1) is 5.90. The van der Waals surface area contributed by atoms with Crippen molar-refractivity contribution < 1.29 is 14.6 Å². The molecule has 0 amide bonds. The minimum absolute atomic E-state index is 0.156. The zero-order valence-corrected chi connectivity index (χ0v) is 8.96. The first-order valence-electron chi connectivity index (χ1n) is 4.94. The van der Waals surface area contributed by atoms with E-state index in [9.17, 15) is 5.11 Å². The third-order valence-corrected chi connectivity index (χ3v) is 2.57. The van der Waals surface area contributed by atoms with Crippen LogP contribution in [0, 0.1) is 0 Å². The molecule has 1 aliphatic rings. The largest absolute Gasteiger partial charge is 0.385 e. The molecule has 1 aliphatic heterocycles. The highest BCUT2D eigenvalue weighted by atomic mass is 16.7. The Kier molecular flexibility index (Phi) is 3.00. The molecule has 78 valence electrons. The van der Waals surface area contributed by atoms with Gasteiger partial charge in [-0.05, 0) is 27.2 Å². The van der Waals surface area contributed by atoms with Crippen molar-refractivity contribution >= 4 is 0 Å². The van der Waals surface area contributed by atoms with Crippen LogP contribution >= 0.6 is 0 Å². The molecule has 2 unspecified atom stereocenters. The van der Waals surface area contributed by atoms with Gasteiger partial charge in [-0.1, -0.05) is 13.3 Å². The Bertz CT molecular complexity index is 179. The predicted molar refractivity (Wildman–Crippen MR) is 50.4 cm³/mol. The maximum Gasteiger partial charge on any atom is 0.163 e. The highest BCUT2D eigenvalue weighted by molar-refractivity contribution is 4.89. The summed E-state index contributed by atoms with van der Waals surface area (Å²) in [6.07, 6.45) is 1.51. The third-order valence-electron chi connectivity index (χ3n) is 2.57. The smallest absolute Gasteiger partial charge is 0.163 e. The normalized spacial score (nSPS) is 39.0. The zero-order valence-electron chi connectivity index (χ0n) is 8.96. The molecule has 13 heavy (non-hydrogen) atoms. The van der Waals surface area contributed by atoms with E-state index in [1.807, 2.05) is 27.7 Å². The van der Waals surface area contributed by atoms with Gasteiger partial charge in [0.2, 0.25) is 0 Å². The van der Waals surface area contributed by atoms with Gasteiger partial charge in [-0.2, -0.15) is 0 Å². The second-order valence-electron chi connectivity index (χ2n) is 4.30. The second-order valence-corrected chi connectivity index (χ2v) is 4.30. The molecule has 0 saturated carbocycles. The van der Waals surface area contributed by atoms with Crippen molar-refractivity contribution in [2.45, 2.75) is 58.0 Å². The van der Waals surface area contributed by atoms with Gasteiger partial charge >= 0.3 is 0 Å². The molecule has 1 N–H and O–H groups in total. The number of rotatable bonds is 2. The Morgan fingerprint density at radius 3 is 2.54 bits per heavy atom. The fourth-order valence-corrected chi connectivity index (χ4v) is 1.69. The van der Waals surface area contributed by atoms with E-state index in [2.05, 4.69) is 0 Å². The van der Waals surface area contributed by atoms with Gasteiger partial charge in [0.1, 0.15) is 5.60 Å². The predicted octanol–water partition coefficient (Wildman–Crippen LogP) is 1.69. The van der Waals surface area contributed by atoms with Crippen LogP contribution in [0.5, 0.6) is 0 Å². The molecular formula is C10H20O3. The molecule has 3 heteroatoms. The number of hydrogen-bond acceptors (Lipinski definition) is 3. The lowest BCUT2D eigenvalue weighted by molar-refractivity contribution is -0.330. The van der Waals surface area contributed by atoms with E-state index < -0.39 is 11.4 Å². The molecule has 0 aromatic rings. The average Bonchev–Trinajstić information content (AvgIpc) is 1.99. The molecule has 0 radical (unpaired) electrons. The van der Waals surface area contributed by atoms with Crippen LogP contribution in [-0.2, 0) is 9.47 Å². The van der Waals surface area contributed by atoms with Crippen molar-refractivity contribution in [2.75, 3.05) is 6.61 Å². The van der Waals surface area contributed by atoms with Gasteiger partial charge in [0.25, 0.3) is 0 Å². The maximum atomic E-state index is 10.1. The Balaban J connectivity index is 2.62. The molecule has 1 rings (SSSR count). The van der Waals surface area contributed by atoms with Crippen molar-refractivity contribution in [1.29, 1.82) is 0 Å². The fourth-order valence-electron chi connectivity index (χ4n) is 1.69. The topological polar surface area (TPSA) is 38.7 Å². The van der Waals surface area contributed by atoms with Gasteiger partial charge in [-0.3, -0.25) is 0 Å². The van der Waals surface area contributed by atoms with Crippen LogP contribution in [0.2, 0.25) is 0 Å². The summed E-state index contributed by atoms with van der Waals surface area (Å²) in [6.45, 7) is 8.06. The summed E-state index contributed by atoms with van der Waals surface area (Å²) < 4.78 is 11.0. The molecule has 1 heterocycles. The van der Waals surface area contributed by atoms with Crippen LogP contribution < -0.4 is 0 Å². The first-order valence-corrected chi connectivity index (χ1v) is 4.94. The summed E-state index contributed by atoms with van der Waals surface area (Å²) in [7, 11) is 0. The van der Waals surface area contributed by atoms with Crippen molar-refractivity contribution in [3.05, 3.63) is 0 Å². The summed E-state index contributed by atoms with van der Waals surface area (Å²) in [5.74, 6) is -0.556. The molecule has 0 spiro atoms. The van der Waals surface area contributed by atoms with E-state index in [0.717, 1.165) is 12.8 Å². The van der Waals surface area contributed by atoms with Gasteiger partial charge in [-0.25, -0.2) is 0 Å². The molecule has 0 aliphatic carbocycles. The van der Waals surface area contributed by atoms with E-state index in [4.69, 9.17) is 9.47 Å². The van der Waals surface area contributed by atoms with E-state index in [0.29, 0.717) is 6.61 Å². The molecule has 0 aromatic heterocycles. The van der Waals surface area contributed by atoms with Gasteiger partial charge in [0.15, 0.2) is 5.79 Å². The highest BCUT2D eigenvalue weighted by Gasteiger charge is 2.43. The van der Waals surface area contributed by atoms with Gasteiger partial charge < -0.3 is 14.6 Å². The Morgan fingerprint density at radius 1 is 1.46 bits per heavy atom. The Morgan fingerprint density at radius 2 is 2.08 bits per heavy atom. The number of aliphatic hydroxyl groups is 1. The quantitative estimate of drug-likeness (QED) is 0.716. The van der Waals surface area contributed by atoms with Crippen molar-refractivity contribution in [3.8, 4) is 0 Å². The minimum Gasteiger partial charge on any atom is -0.385 e. The minimum atomic E-state index is -0.801. The lowest BCUT2D eigenvalue weighted by atomic mass is 9.92. The Labute approximate surface area is 80.0 Å². The van der Waals surface area contributed by atoms with Gasteiger partial charge in [0, 0.05) is 0 Å². The molecule has 1 saturated heterocycles. The van der Waals surface area contributed by atoms with Crippen LogP contribution in [0.1, 0.15) is 40.5 Å². The van der Waals surface area contributed by atoms with E-state index >= 15 is 0 Å². The fraction of sp³-hybridized carbons (Fsp3) is 1.00. The van der Waals surface area contributed by atoms with Crippen molar-refractivity contribution in [3.63, 3.8) is 0 Å². The number of ether oxygens (including phenoxy) is 2. The summed E-state index contributed by atoms with van der Waals surface area (Å²) in [6, 6.07) is 0. The van der Waals surface area contributed by atoms with Crippen molar-refractivity contribution in [2.24, 2.45) is 0 Å². The molecule has 0 aromatic carbocycles. The maximum absolute atomic E-state index is 10.1. The summed E-state index contributed by atoms with van der Waals surface area (Å²) >= 11 is 0. The molecular weight excluding hydrogens is 168 g/mol. The standard InChI is InChI=1S/C10H20O3/c1-5-6-10(11)7-12-9(3,4)13-8(10)2/h8,11H,5-7H2,1-4H3. The van der Waals surface area contributed by atoms with Crippen LogP contribution in [0.3, 0.4) is 0 Å². The Hall–Kier alpha value is -0.120. The van der Waals surface area contributed by atoms with E-state index in [-0.39, 0.29) is 6.10 Å². The van der Waals surface area contributed by atoms with Crippen molar-refractivity contribution in [1.82, 2.24) is 0 Å². The average molecular weight is 188 g/mol. The second kappa shape index (κ2) is 3.56. The molecule has 1 fully saturated rings. The molecule has 2 atom stereocenters. The molecule has 3 nitrogen and oxygen atoms in total. The van der Waals surface area contributed by atoms with Crippen LogP contribution in [0.15, 0.2) is 0 Å². The van der Waals surface area contributed by atoms with Crippen LogP contribution in [-0.4, -0.2) is 29.2 Å². The van der Waals surface area contributed by atoms with Gasteiger partial charge in [-0.15, -0.1) is 0 Å². The SMILES string of the molecule is CCCC1(O)COC(C)(C)OC1C. The molecule has 0 bridgehead atoms. The van der Waals surface area contributed by atoms with Gasteiger partial charge in [0.05, 0.1) is 12.7 Å². The first kappa shape index (κ1) is 11.0. The van der Waals surface area contributed by atoms with Crippen LogP contribution in [0.25, 0.3) is 0 Å². The summed E-state index contributed by atoms with van der Waals surface area (Å²) in [5, 5.41) is 10.1. The highest BCUT2D eigenvalue weighted by Crippen LogP contribution is 2.31. The zero-order chi connectivity index (χ0) is 10.1.